The second-order valence-electron chi connectivity index (χ2n) is 5.05. The van der Waals surface area contributed by atoms with E-state index in [0.29, 0.717) is 11.6 Å². The van der Waals surface area contributed by atoms with Gasteiger partial charge in [0, 0.05) is 29.5 Å². The molecule has 1 aliphatic rings. The average Bonchev–Trinajstić information content (AvgIpc) is 2.77. The molecule has 2 nitrogen and oxygen atoms in total. The molecule has 100 valence electrons. The highest BCUT2D eigenvalue weighted by Gasteiger charge is 2.19. The number of aliphatic hydroxyl groups is 1. The van der Waals surface area contributed by atoms with Crippen LogP contribution in [0.1, 0.15) is 35.6 Å². The molecule has 1 aromatic carbocycles. The summed E-state index contributed by atoms with van der Waals surface area (Å²) in [6.45, 7) is 0.596. The fraction of sp³-hybridized carbons (Fsp3) is 0.333. The van der Waals surface area contributed by atoms with E-state index in [0.717, 1.165) is 30.4 Å². The Balaban J connectivity index is 1.87. The molecular weight excluding hydrogens is 265 g/mol. The summed E-state index contributed by atoms with van der Waals surface area (Å²) in [5.41, 5.74) is 3.10. The van der Waals surface area contributed by atoms with Crippen molar-refractivity contribution in [2.75, 3.05) is 0 Å². The number of benzene rings is 1. The zero-order chi connectivity index (χ0) is 13.4. The van der Waals surface area contributed by atoms with Crippen LogP contribution in [0, 0.1) is 5.82 Å². The van der Waals surface area contributed by atoms with Gasteiger partial charge in [0.1, 0.15) is 5.82 Å². The van der Waals surface area contributed by atoms with Gasteiger partial charge in [-0.05, 0) is 42.5 Å². The maximum atomic E-state index is 13.0. The van der Waals surface area contributed by atoms with Crippen molar-refractivity contribution < 1.29 is 9.50 Å². The Labute approximate surface area is 116 Å². The number of aryl methyl sites for hydroxylation is 1. The van der Waals surface area contributed by atoms with Crippen LogP contribution in [0.25, 0.3) is 0 Å². The van der Waals surface area contributed by atoms with E-state index in [1.165, 1.54) is 17.7 Å². The third-order valence-electron chi connectivity index (χ3n) is 3.65. The number of aromatic nitrogens is 1. The molecule has 0 bridgehead atoms. The van der Waals surface area contributed by atoms with Gasteiger partial charge in [-0.25, -0.2) is 4.39 Å². The van der Waals surface area contributed by atoms with Gasteiger partial charge in [-0.15, -0.1) is 0 Å². The number of hydrogen-bond donors (Lipinski definition) is 1. The molecule has 0 saturated heterocycles. The maximum Gasteiger partial charge on any atom is 0.124 e. The number of nitrogens with zero attached hydrogens (tertiary/aromatic N) is 1. The minimum absolute atomic E-state index is 0.323. The third-order valence-corrected chi connectivity index (χ3v) is 4.00. The topological polar surface area (TPSA) is 25.2 Å². The van der Waals surface area contributed by atoms with Crippen LogP contribution in [0.3, 0.4) is 0 Å². The van der Waals surface area contributed by atoms with Crippen LogP contribution >= 0.6 is 11.6 Å². The van der Waals surface area contributed by atoms with E-state index < -0.39 is 0 Å². The first-order valence-electron chi connectivity index (χ1n) is 6.44. The number of aliphatic hydroxyl groups excluding tert-OH is 1. The predicted octanol–water partition coefficient (Wildman–Crippen LogP) is 3.70. The molecule has 0 saturated carbocycles. The predicted molar refractivity (Wildman–Crippen MR) is 72.8 cm³/mol. The largest absolute Gasteiger partial charge is 0.388 e. The van der Waals surface area contributed by atoms with E-state index in [2.05, 4.69) is 6.20 Å². The Bertz CT molecular complexity index is 608. The molecule has 2 aromatic rings. The Morgan fingerprint density at radius 1 is 1.37 bits per heavy atom. The number of hydrogen-bond acceptors (Lipinski definition) is 1. The standard InChI is InChI=1S/C15H15ClFNO/c16-14-6-12(17)5-4-11(14)8-18-7-10-2-1-3-15(19)13(10)9-18/h4-7,9,15,19H,1-3,8H2. The van der Waals surface area contributed by atoms with Gasteiger partial charge in [0.05, 0.1) is 6.10 Å². The van der Waals surface area contributed by atoms with Gasteiger partial charge in [0.15, 0.2) is 0 Å². The van der Waals surface area contributed by atoms with Crippen molar-refractivity contribution in [1.29, 1.82) is 0 Å². The summed E-state index contributed by atoms with van der Waals surface area (Å²) in [4.78, 5) is 0. The summed E-state index contributed by atoms with van der Waals surface area (Å²) in [6.07, 6.45) is 6.53. The molecule has 1 unspecified atom stereocenters. The second-order valence-corrected chi connectivity index (χ2v) is 5.46. The lowest BCUT2D eigenvalue weighted by Gasteiger charge is -2.16. The summed E-state index contributed by atoms with van der Waals surface area (Å²) in [7, 11) is 0. The molecule has 0 spiro atoms. The molecule has 19 heavy (non-hydrogen) atoms. The van der Waals surface area contributed by atoms with E-state index in [1.54, 1.807) is 6.07 Å². The molecule has 0 amide bonds. The Kier molecular flexibility index (Phi) is 3.33. The van der Waals surface area contributed by atoms with Gasteiger partial charge in [0.25, 0.3) is 0 Å². The van der Waals surface area contributed by atoms with Crippen molar-refractivity contribution in [3.63, 3.8) is 0 Å². The van der Waals surface area contributed by atoms with E-state index in [9.17, 15) is 9.50 Å². The third kappa shape index (κ3) is 2.53. The lowest BCUT2D eigenvalue weighted by Crippen LogP contribution is -2.05. The van der Waals surface area contributed by atoms with E-state index in [1.807, 2.05) is 10.8 Å². The van der Waals surface area contributed by atoms with Crippen LogP contribution in [-0.2, 0) is 13.0 Å². The van der Waals surface area contributed by atoms with Gasteiger partial charge >= 0.3 is 0 Å². The second kappa shape index (κ2) is 4.99. The summed E-state index contributed by atoms with van der Waals surface area (Å²) in [6, 6.07) is 4.45. The summed E-state index contributed by atoms with van der Waals surface area (Å²) < 4.78 is 15.0. The summed E-state index contributed by atoms with van der Waals surface area (Å²) >= 11 is 6.03. The molecule has 3 rings (SSSR count). The lowest BCUT2D eigenvalue weighted by molar-refractivity contribution is 0.157. The highest BCUT2D eigenvalue weighted by Crippen LogP contribution is 2.30. The fourth-order valence-corrected chi connectivity index (χ4v) is 2.89. The fourth-order valence-electron chi connectivity index (χ4n) is 2.66. The van der Waals surface area contributed by atoms with Crippen molar-refractivity contribution >= 4 is 11.6 Å². The minimum atomic E-state index is -0.353. The molecule has 0 radical (unpaired) electrons. The van der Waals surface area contributed by atoms with Crippen molar-refractivity contribution in [3.05, 3.63) is 58.1 Å². The van der Waals surface area contributed by atoms with Crippen LogP contribution in [0.4, 0.5) is 4.39 Å². The molecule has 1 atom stereocenters. The van der Waals surface area contributed by atoms with Crippen LogP contribution in [0.15, 0.2) is 30.6 Å². The summed E-state index contributed by atoms with van der Waals surface area (Å²) in [5.74, 6) is -0.323. The molecule has 0 fully saturated rings. The van der Waals surface area contributed by atoms with Crippen molar-refractivity contribution in [3.8, 4) is 0 Å². The number of rotatable bonds is 2. The van der Waals surface area contributed by atoms with Crippen molar-refractivity contribution in [2.45, 2.75) is 31.9 Å². The smallest absolute Gasteiger partial charge is 0.124 e. The average molecular weight is 280 g/mol. The van der Waals surface area contributed by atoms with Gasteiger partial charge < -0.3 is 9.67 Å². The normalized spacial score (nSPS) is 18.4. The Morgan fingerprint density at radius 3 is 2.95 bits per heavy atom. The minimum Gasteiger partial charge on any atom is -0.388 e. The first-order chi connectivity index (χ1) is 9.13. The van der Waals surface area contributed by atoms with E-state index in [4.69, 9.17) is 11.6 Å². The molecule has 1 N–H and O–H groups in total. The molecule has 1 aromatic heterocycles. The maximum absolute atomic E-state index is 13.0. The highest BCUT2D eigenvalue weighted by molar-refractivity contribution is 6.31. The van der Waals surface area contributed by atoms with Crippen LogP contribution in [0.5, 0.6) is 0 Å². The quantitative estimate of drug-likeness (QED) is 0.891. The van der Waals surface area contributed by atoms with Crippen LogP contribution < -0.4 is 0 Å². The Morgan fingerprint density at radius 2 is 2.21 bits per heavy atom. The zero-order valence-electron chi connectivity index (χ0n) is 10.4. The SMILES string of the molecule is OC1CCCc2cn(Cc3ccc(F)cc3Cl)cc21. The number of fused-ring (bicyclic) bond motifs is 1. The van der Waals surface area contributed by atoms with Gasteiger partial charge in [-0.1, -0.05) is 17.7 Å². The highest BCUT2D eigenvalue weighted by atomic mass is 35.5. The van der Waals surface area contributed by atoms with E-state index in [-0.39, 0.29) is 11.9 Å². The van der Waals surface area contributed by atoms with Crippen LogP contribution in [0.2, 0.25) is 5.02 Å². The zero-order valence-corrected chi connectivity index (χ0v) is 11.2. The first-order valence-corrected chi connectivity index (χ1v) is 6.82. The lowest BCUT2D eigenvalue weighted by atomic mass is 9.93. The first kappa shape index (κ1) is 12.7. The van der Waals surface area contributed by atoms with Crippen LogP contribution in [-0.4, -0.2) is 9.67 Å². The monoisotopic (exact) mass is 279 g/mol. The molecule has 1 heterocycles. The van der Waals surface area contributed by atoms with E-state index >= 15 is 0 Å². The Hall–Kier alpha value is -1.32. The molecule has 1 aliphatic carbocycles. The summed E-state index contributed by atoms with van der Waals surface area (Å²) in [5, 5.41) is 10.4. The number of halogens is 2. The van der Waals surface area contributed by atoms with Gasteiger partial charge in [0.2, 0.25) is 0 Å². The molecule has 4 heteroatoms. The van der Waals surface area contributed by atoms with Crippen molar-refractivity contribution in [2.24, 2.45) is 0 Å². The van der Waals surface area contributed by atoms with Crippen molar-refractivity contribution in [1.82, 2.24) is 4.57 Å². The molecule has 0 aliphatic heterocycles. The molecular formula is C15H15ClFNO. The van der Waals surface area contributed by atoms with Gasteiger partial charge in [-0.3, -0.25) is 0 Å². The van der Waals surface area contributed by atoms with Gasteiger partial charge in [-0.2, -0.15) is 0 Å².